The summed E-state index contributed by atoms with van der Waals surface area (Å²) in [5.41, 5.74) is 4.87. The van der Waals surface area contributed by atoms with Crippen molar-refractivity contribution in [2.45, 2.75) is 12.5 Å². The van der Waals surface area contributed by atoms with E-state index in [1.54, 1.807) is 7.05 Å². The van der Waals surface area contributed by atoms with E-state index in [1.807, 2.05) is 0 Å². The summed E-state index contributed by atoms with van der Waals surface area (Å²) in [6.45, 7) is 0. The van der Waals surface area contributed by atoms with Crippen LogP contribution in [-0.2, 0) is 9.59 Å². The van der Waals surface area contributed by atoms with E-state index in [2.05, 4.69) is 5.32 Å². The number of rotatable bonds is 4. The van der Waals surface area contributed by atoms with Crippen LogP contribution in [0.1, 0.15) is 6.42 Å². The largest absolute Gasteiger partial charge is 0.368 e. The number of amides is 1. The second-order valence-electron chi connectivity index (χ2n) is 1.65. The number of carbonyl (C=O) groups excluding carboxylic acids is 2. The van der Waals surface area contributed by atoms with Crippen molar-refractivity contribution >= 4 is 12.2 Å². The smallest absolute Gasteiger partial charge is 0.234 e. The lowest BCUT2D eigenvalue weighted by atomic mass is 10.2. The molecule has 0 aliphatic rings. The molecule has 0 saturated carbocycles. The van der Waals surface area contributed by atoms with Crippen molar-refractivity contribution in [3.8, 4) is 0 Å². The Bertz CT molecular complexity index is 114. The van der Waals surface area contributed by atoms with Gasteiger partial charge in [0, 0.05) is 6.42 Å². The summed E-state index contributed by atoms with van der Waals surface area (Å²) >= 11 is 0. The highest BCUT2D eigenvalue weighted by Crippen LogP contribution is 1.83. The molecule has 0 aromatic rings. The zero-order chi connectivity index (χ0) is 7.28. The van der Waals surface area contributed by atoms with E-state index in [-0.39, 0.29) is 6.42 Å². The van der Waals surface area contributed by atoms with Crippen LogP contribution < -0.4 is 11.1 Å². The van der Waals surface area contributed by atoms with Crippen molar-refractivity contribution in [2.75, 3.05) is 7.05 Å². The summed E-state index contributed by atoms with van der Waals surface area (Å²) in [6, 6.07) is -0.512. The van der Waals surface area contributed by atoms with E-state index >= 15 is 0 Å². The second-order valence-corrected chi connectivity index (χ2v) is 1.65. The van der Waals surface area contributed by atoms with Gasteiger partial charge < -0.3 is 15.8 Å². The molecular weight excluding hydrogens is 120 g/mol. The average Bonchev–Trinajstić information content (AvgIpc) is 1.82. The Labute approximate surface area is 53.4 Å². The highest BCUT2D eigenvalue weighted by molar-refractivity contribution is 5.82. The third-order valence-corrected chi connectivity index (χ3v) is 1.02. The summed E-state index contributed by atoms with van der Waals surface area (Å²) < 4.78 is 0. The van der Waals surface area contributed by atoms with E-state index in [1.165, 1.54) is 0 Å². The number of likely N-dealkylation sites (N-methyl/N-ethyl adjacent to an activating group) is 1. The molecular formula is C5H10N2O2. The lowest BCUT2D eigenvalue weighted by Gasteiger charge is -2.05. The Hall–Kier alpha value is -0.900. The minimum atomic E-state index is -0.512. The highest BCUT2D eigenvalue weighted by atomic mass is 16.1. The fourth-order valence-corrected chi connectivity index (χ4v) is 0.472. The van der Waals surface area contributed by atoms with Gasteiger partial charge >= 0.3 is 0 Å². The van der Waals surface area contributed by atoms with Gasteiger partial charge in [0.2, 0.25) is 5.91 Å². The van der Waals surface area contributed by atoms with Crippen molar-refractivity contribution in [1.29, 1.82) is 0 Å². The minimum Gasteiger partial charge on any atom is -0.368 e. The first-order valence-corrected chi connectivity index (χ1v) is 2.62. The van der Waals surface area contributed by atoms with Gasteiger partial charge in [-0.05, 0) is 7.05 Å². The van der Waals surface area contributed by atoms with Crippen LogP contribution in [0.15, 0.2) is 0 Å². The molecule has 0 heterocycles. The van der Waals surface area contributed by atoms with Crippen LogP contribution in [0.3, 0.4) is 0 Å². The number of hydrogen-bond acceptors (Lipinski definition) is 3. The molecule has 4 nitrogen and oxygen atoms in total. The Morgan fingerprint density at radius 2 is 2.44 bits per heavy atom. The quantitative estimate of drug-likeness (QED) is 0.462. The first-order valence-electron chi connectivity index (χ1n) is 2.62. The fourth-order valence-electron chi connectivity index (χ4n) is 0.472. The summed E-state index contributed by atoms with van der Waals surface area (Å²) in [5, 5.41) is 2.60. The summed E-state index contributed by atoms with van der Waals surface area (Å²) in [4.78, 5) is 20.2. The lowest BCUT2D eigenvalue weighted by Crippen LogP contribution is -2.39. The molecule has 0 aliphatic carbocycles. The van der Waals surface area contributed by atoms with Crippen molar-refractivity contribution in [2.24, 2.45) is 5.73 Å². The van der Waals surface area contributed by atoms with Gasteiger partial charge in [0.25, 0.3) is 0 Å². The van der Waals surface area contributed by atoms with Crippen molar-refractivity contribution in [3.05, 3.63) is 0 Å². The number of nitrogens with two attached hydrogens (primary N) is 1. The SMILES string of the molecule is CNC(CC=O)C(N)=O. The Morgan fingerprint density at radius 3 is 2.56 bits per heavy atom. The number of hydrogen-bond donors (Lipinski definition) is 2. The van der Waals surface area contributed by atoms with Gasteiger partial charge in [-0.2, -0.15) is 0 Å². The van der Waals surface area contributed by atoms with Crippen LogP contribution in [0, 0.1) is 0 Å². The van der Waals surface area contributed by atoms with E-state index in [0.29, 0.717) is 6.29 Å². The molecule has 4 heteroatoms. The molecule has 0 saturated heterocycles. The molecule has 0 rings (SSSR count). The molecule has 0 spiro atoms. The average molecular weight is 130 g/mol. The van der Waals surface area contributed by atoms with Crippen molar-refractivity contribution in [3.63, 3.8) is 0 Å². The normalized spacial score (nSPS) is 12.6. The third-order valence-electron chi connectivity index (χ3n) is 1.02. The molecule has 1 atom stereocenters. The predicted molar refractivity (Wildman–Crippen MR) is 32.7 cm³/mol. The number of aldehydes is 1. The molecule has 1 unspecified atom stereocenters. The highest BCUT2D eigenvalue weighted by Gasteiger charge is 2.09. The summed E-state index contributed by atoms with van der Waals surface area (Å²) in [7, 11) is 1.58. The van der Waals surface area contributed by atoms with Gasteiger partial charge in [0.15, 0.2) is 0 Å². The zero-order valence-electron chi connectivity index (χ0n) is 5.26. The van der Waals surface area contributed by atoms with Gasteiger partial charge in [-0.3, -0.25) is 4.79 Å². The lowest BCUT2D eigenvalue weighted by molar-refractivity contribution is -0.121. The molecule has 52 valence electrons. The molecule has 0 aromatic carbocycles. The number of primary amides is 1. The Kier molecular flexibility index (Phi) is 3.62. The maximum Gasteiger partial charge on any atom is 0.234 e. The van der Waals surface area contributed by atoms with Crippen molar-refractivity contribution < 1.29 is 9.59 Å². The van der Waals surface area contributed by atoms with Crippen LogP contribution in [0.5, 0.6) is 0 Å². The van der Waals surface area contributed by atoms with Crippen LogP contribution >= 0.6 is 0 Å². The van der Waals surface area contributed by atoms with E-state index in [0.717, 1.165) is 0 Å². The zero-order valence-corrected chi connectivity index (χ0v) is 5.26. The van der Waals surface area contributed by atoms with Gasteiger partial charge in [-0.25, -0.2) is 0 Å². The topological polar surface area (TPSA) is 72.2 Å². The maximum absolute atomic E-state index is 10.3. The van der Waals surface area contributed by atoms with Gasteiger partial charge in [0.05, 0.1) is 6.04 Å². The van der Waals surface area contributed by atoms with Crippen LogP contribution in [-0.4, -0.2) is 25.3 Å². The maximum atomic E-state index is 10.3. The standard InChI is InChI=1S/C5H10N2O2/c1-7-4(2-3-8)5(6)9/h3-4,7H,2H2,1H3,(H2,6,9). The Morgan fingerprint density at radius 1 is 1.89 bits per heavy atom. The van der Waals surface area contributed by atoms with Gasteiger partial charge in [-0.1, -0.05) is 0 Å². The fraction of sp³-hybridized carbons (Fsp3) is 0.600. The summed E-state index contributed by atoms with van der Waals surface area (Å²) in [6.07, 6.45) is 0.803. The van der Waals surface area contributed by atoms with Crippen LogP contribution in [0.2, 0.25) is 0 Å². The first kappa shape index (κ1) is 8.10. The van der Waals surface area contributed by atoms with Crippen LogP contribution in [0.4, 0.5) is 0 Å². The second kappa shape index (κ2) is 4.03. The molecule has 0 aromatic heterocycles. The Balaban J connectivity index is 3.67. The van der Waals surface area contributed by atoms with E-state index < -0.39 is 11.9 Å². The van der Waals surface area contributed by atoms with E-state index in [4.69, 9.17) is 5.73 Å². The molecule has 0 bridgehead atoms. The molecule has 0 fully saturated rings. The van der Waals surface area contributed by atoms with Gasteiger partial charge in [0.1, 0.15) is 6.29 Å². The monoisotopic (exact) mass is 130 g/mol. The number of nitrogens with one attached hydrogen (secondary N) is 1. The van der Waals surface area contributed by atoms with Crippen molar-refractivity contribution in [1.82, 2.24) is 5.32 Å². The first-order chi connectivity index (χ1) is 4.22. The number of carbonyl (C=O) groups is 2. The third kappa shape index (κ3) is 2.81. The molecule has 0 radical (unpaired) electrons. The molecule has 1 amide bonds. The van der Waals surface area contributed by atoms with Gasteiger partial charge in [-0.15, -0.1) is 0 Å². The van der Waals surface area contributed by atoms with Crippen LogP contribution in [0.25, 0.3) is 0 Å². The molecule has 9 heavy (non-hydrogen) atoms. The minimum absolute atomic E-state index is 0.145. The molecule has 0 aliphatic heterocycles. The predicted octanol–water partition coefficient (Wildman–Crippen LogP) is -1.35. The van der Waals surface area contributed by atoms with E-state index in [9.17, 15) is 9.59 Å². The summed E-state index contributed by atoms with van der Waals surface area (Å²) in [5.74, 6) is -0.496. The molecule has 3 N–H and O–H groups in total.